The molecule has 33 heavy (non-hydrogen) atoms. The maximum absolute atomic E-state index is 13.3. The largest absolute Gasteiger partial charge is 0.872 e. The van der Waals surface area contributed by atoms with Crippen molar-refractivity contribution in [2.24, 2.45) is 0 Å². The Morgan fingerprint density at radius 2 is 1.97 bits per heavy atom. The highest BCUT2D eigenvalue weighted by atomic mass is 16.6. The van der Waals surface area contributed by atoms with Crippen LogP contribution < -0.4 is 20.2 Å². The first-order valence-electron chi connectivity index (χ1n) is 10.7. The molecule has 0 spiro atoms. The number of hydrogen-bond acceptors (Lipinski definition) is 7. The zero-order valence-corrected chi connectivity index (χ0v) is 18.0. The van der Waals surface area contributed by atoms with E-state index in [2.05, 4.69) is 0 Å². The van der Waals surface area contributed by atoms with Crippen molar-refractivity contribution in [3.05, 3.63) is 64.0 Å². The Hall–Kier alpha value is -3.85. The molecule has 0 bridgehead atoms. The molecule has 0 saturated carbocycles. The quantitative estimate of drug-likeness (QED) is 0.515. The summed E-state index contributed by atoms with van der Waals surface area (Å²) in [4.78, 5) is 38.3. The van der Waals surface area contributed by atoms with E-state index in [1.807, 2.05) is 0 Å². The Labute approximate surface area is 188 Å². The van der Waals surface area contributed by atoms with Crippen molar-refractivity contribution >= 4 is 22.9 Å². The average molecular weight is 453 g/mol. The number of aliphatic carboxylic acids is 1. The molecule has 0 radical (unpaired) electrons. The van der Waals surface area contributed by atoms with Gasteiger partial charge in [0.2, 0.25) is 11.2 Å². The van der Waals surface area contributed by atoms with Crippen LogP contribution in [0.1, 0.15) is 35.9 Å². The molecule has 4 rings (SSSR count). The first-order valence-corrected chi connectivity index (χ1v) is 10.7. The lowest BCUT2D eigenvalue weighted by Crippen LogP contribution is -3.13. The van der Waals surface area contributed by atoms with Gasteiger partial charge in [-0.1, -0.05) is 30.0 Å². The molecule has 2 unspecified atom stereocenters. The number of fused-ring (bicyclic) bond motifs is 1. The Morgan fingerprint density at radius 3 is 2.67 bits per heavy atom. The van der Waals surface area contributed by atoms with Gasteiger partial charge in [-0.3, -0.25) is 4.79 Å². The number of para-hydroxylation sites is 1. The van der Waals surface area contributed by atoms with Gasteiger partial charge in [0, 0.05) is 18.4 Å². The molecule has 3 aromatic rings. The lowest BCUT2D eigenvalue weighted by atomic mass is 10.1. The normalized spacial score (nSPS) is 17.7. The van der Waals surface area contributed by atoms with Crippen LogP contribution in [0, 0.1) is 0 Å². The fourth-order valence-electron chi connectivity index (χ4n) is 4.12. The second-order valence-electron chi connectivity index (χ2n) is 7.76. The summed E-state index contributed by atoms with van der Waals surface area (Å²) in [5.41, 5.74) is -0.542. The molecule has 9 nitrogen and oxygen atoms in total. The maximum atomic E-state index is 13.3. The molecule has 0 amide bonds. The van der Waals surface area contributed by atoms with Crippen molar-refractivity contribution in [3.63, 3.8) is 0 Å². The van der Waals surface area contributed by atoms with Gasteiger partial charge in [-0.2, -0.15) is 0 Å². The van der Waals surface area contributed by atoms with Gasteiger partial charge in [0.05, 0.1) is 18.5 Å². The number of ether oxygens (including phenoxy) is 2. The smallest absolute Gasteiger partial charge is 0.378 e. The monoisotopic (exact) mass is 453 g/mol. The van der Waals surface area contributed by atoms with Crippen molar-refractivity contribution in [1.29, 1.82) is 0 Å². The predicted molar refractivity (Wildman–Crippen MR) is 115 cm³/mol. The van der Waals surface area contributed by atoms with E-state index in [1.165, 1.54) is 12.1 Å². The molecule has 2 atom stereocenters. The summed E-state index contributed by atoms with van der Waals surface area (Å²) in [6.07, 6.45) is 1.20. The lowest BCUT2D eigenvalue weighted by Gasteiger charge is -2.22. The van der Waals surface area contributed by atoms with Crippen molar-refractivity contribution in [3.8, 4) is 17.2 Å². The van der Waals surface area contributed by atoms with Gasteiger partial charge in [0.25, 0.3) is 5.76 Å². The van der Waals surface area contributed by atoms with Crippen LogP contribution in [0.25, 0.3) is 11.0 Å². The van der Waals surface area contributed by atoms with E-state index >= 15 is 0 Å². The van der Waals surface area contributed by atoms with Crippen LogP contribution >= 0.6 is 0 Å². The molecule has 9 heteroatoms. The van der Waals surface area contributed by atoms with Crippen LogP contribution in [0.15, 0.2) is 51.7 Å². The van der Waals surface area contributed by atoms with Gasteiger partial charge in [-0.05, 0) is 25.1 Å². The molecular weight excluding hydrogens is 430 g/mol. The summed E-state index contributed by atoms with van der Waals surface area (Å²) in [6.45, 7) is 2.27. The first-order chi connectivity index (χ1) is 15.9. The van der Waals surface area contributed by atoms with E-state index in [0.29, 0.717) is 30.0 Å². The molecule has 1 aromatic heterocycles. The number of nitrogens with one attached hydrogen (secondary N) is 1. The van der Waals surface area contributed by atoms with Crippen LogP contribution in [0.4, 0.5) is 0 Å². The highest BCUT2D eigenvalue weighted by Gasteiger charge is 2.35. The number of carbonyl (C=O) groups excluding carboxylic acids is 1. The van der Waals surface area contributed by atoms with Gasteiger partial charge >= 0.3 is 11.9 Å². The average Bonchev–Trinajstić information content (AvgIpc) is 3.27. The highest BCUT2D eigenvalue weighted by molar-refractivity contribution is 5.93. The Balaban J connectivity index is 1.87. The zero-order valence-electron chi connectivity index (χ0n) is 18.0. The molecule has 2 N–H and O–H groups in total. The molecule has 2 aromatic carbocycles. The number of esters is 1. The van der Waals surface area contributed by atoms with E-state index in [0.717, 1.165) is 0 Å². The van der Waals surface area contributed by atoms with E-state index in [4.69, 9.17) is 13.9 Å². The predicted octanol–water partition coefficient (Wildman–Crippen LogP) is 1.47. The first kappa shape index (κ1) is 22.3. The second kappa shape index (κ2) is 9.33. The number of quaternary nitrogens is 1. The SMILES string of the molecule is CCOC(=O)c1oc2c(C[NH+]3CCCC3C(=O)O)c([O-])ccc2c(=O)c1Oc1ccccc1. The molecule has 1 aliphatic rings. The number of likely N-dealkylation sites (tertiary alicyclic amines) is 1. The van der Waals surface area contributed by atoms with Gasteiger partial charge in [-0.15, -0.1) is 0 Å². The topological polar surface area (TPSA) is 131 Å². The number of benzene rings is 2. The third-order valence-corrected chi connectivity index (χ3v) is 5.69. The van der Waals surface area contributed by atoms with Crippen molar-refractivity contribution < 1.29 is 38.6 Å². The minimum atomic E-state index is -0.942. The molecule has 1 fully saturated rings. The summed E-state index contributed by atoms with van der Waals surface area (Å²) in [5, 5.41) is 22.3. The van der Waals surface area contributed by atoms with E-state index in [-0.39, 0.29) is 35.4 Å². The Bertz CT molecular complexity index is 1250. The summed E-state index contributed by atoms with van der Waals surface area (Å²) >= 11 is 0. The molecule has 1 saturated heterocycles. The summed E-state index contributed by atoms with van der Waals surface area (Å²) in [6, 6.07) is 10.3. The van der Waals surface area contributed by atoms with E-state index in [1.54, 1.807) is 37.3 Å². The Kier molecular flexibility index (Phi) is 6.32. The second-order valence-corrected chi connectivity index (χ2v) is 7.76. The lowest BCUT2D eigenvalue weighted by molar-refractivity contribution is -0.917. The summed E-state index contributed by atoms with van der Waals surface area (Å²) in [5.74, 6) is -2.71. The molecule has 1 aliphatic heterocycles. The van der Waals surface area contributed by atoms with Crippen LogP contribution in [0.5, 0.6) is 17.2 Å². The number of rotatable bonds is 7. The van der Waals surface area contributed by atoms with Gasteiger partial charge in [0.1, 0.15) is 17.9 Å². The minimum Gasteiger partial charge on any atom is -0.872 e. The van der Waals surface area contributed by atoms with Gasteiger partial charge < -0.3 is 29.0 Å². The van der Waals surface area contributed by atoms with Crippen LogP contribution in [-0.2, 0) is 16.1 Å². The van der Waals surface area contributed by atoms with Crippen molar-refractivity contribution in [2.45, 2.75) is 32.4 Å². The summed E-state index contributed by atoms with van der Waals surface area (Å²) in [7, 11) is 0. The van der Waals surface area contributed by atoms with E-state index in [9.17, 15) is 24.6 Å². The van der Waals surface area contributed by atoms with Crippen molar-refractivity contribution in [1.82, 2.24) is 0 Å². The molecule has 0 aliphatic carbocycles. The molecular formula is C24H23NO8. The number of carbonyl (C=O) groups is 2. The van der Waals surface area contributed by atoms with Gasteiger partial charge in [0.15, 0.2) is 6.04 Å². The molecule has 172 valence electrons. The third-order valence-electron chi connectivity index (χ3n) is 5.69. The fraction of sp³-hybridized carbons (Fsp3) is 0.292. The van der Waals surface area contributed by atoms with Crippen LogP contribution in [-0.4, -0.2) is 36.2 Å². The van der Waals surface area contributed by atoms with Crippen molar-refractivity contribution in [2.75, 3.05) is 13.2 Å². The van der Waals surface area contributed by atoms with Gasteiger partial charge in [-0.25, -0.2) is 9.59 Å². The highest BCUT2D eigenvalue weighted by Crippen LogP contribution is 2.30. The Morgan fingerprint density at radius 1 is 1.21 bits per heavy atom. The standard InChI is InChI=1S/C24H23NO8/c1-2-31-24(30)22-21(32-14-7-4-3-5-8-14)19(27)15-10-11-18(26)16(20(15)33-22)13-25-12-6-9-17(25)23(28)29/h3-5,7-8,10-11,17,26H,2,6,9,12-13H2,1H3,(H,28,29). The van der Waals surface area contributed by atoms with E-state index < -0.39 is 34.9 Å². The minimum absolute atomic E-state index is 0.0397. The number of carboxylic acids is 1. The van der Waals surface area contributed by atoms with Crippen LogP contribution in [0.2, 0.25) is 0 Å². The number of hydrogen-bond donors (Lipinski definition) is 2. The third kappa shape index (κ3) is 4.40. The maximum Gasteiger partial charge on any atom is 0.378 e. The number of carboxylic acid groups (broad SMARTS) is 1. The fourth-order valence-corrected chi connectivity index (χ4v) is 4.12. The zero-order chi connectivity index (χ0) is 23.5. The molecule has 2 heterocycles. The summed E-state index contributed by atoms with van der Waals surface area (Å²) < 4.78 is 16.6. The van der Waals surface area contributed by atoms with Crippen LogP contribution in [0.3, 0.4) is 0 Å².